The molecule has 1 rings (SSSR count). The molecule has 0 aliphatic carbocycles. The Bertz CT molecular complexity index is 375. The van der Waals surface area contributed by atoms with Crippen molar-refractivity contribution in [3.63, 3.8) is 0 Å². The van der Waals surface area contributed by atoms with E-state index < -0.39 is 5.54 Å². The summed E-state index contributed by atoms with van der Waals surface area (Å²) in [5.41, 5.74) is 0.451. The second-order valence-corrected chi connectivity index (χ2v) is 5.01. The lowest BCUT2D eigenvalue weighted by Crippen LogP contribution is -2.54. The van der Waals surface area contributed by atoms with Crippen molar-refractivity contribution in [3.8, 4) is 0 Å². The largest absolute Gasteiger partial charge is 0.465 e. The summed E-state index contributed by atoms with van der Waals surface area (Å²) >= 11 is 0. The molecule has 18 heavy (non-hydrogen) atoms. The minimum atomic E-state index is -0.675. The topological polar surface area (TPSA) is 38.3 Å². The molecule has 3 heteroatoms. The fourth-order valence-corrected chi connectivity index (χ4v) is 2.11. The number of carbonyl (C=O) groups excluding carboxylic acids is 1. The molecule has 0 bridgehead atoms. The molecule has 0 spiro atoms. The number of rotatable bonds is 6. The van der Waals surface area contributed by atoms with Crippen LogP contribution in [-0.2, 0) is 16.0 Å². The van der Waals surface area contributed by atoms with Gasteiger partial charge in [-0.15, -0.1) is 0 Å². The molecule has 100 valence electrons. The number of hydrogen-bond acceptors (Lipinski definition) is 3. The second-order valence-electron chi connectivity index (χ2n) is 5.01. The van der Waals surface area contributed by atoms with Crippen molar-refractivity contribution in [2.45, 2.75) is 45.7 Å². The zero-order valence-corrected chi connectivity index (χ0v) is 11.7. The van der Waals surface area contributed by atoms with Gasteiger partial charge in [-0.1, -0.05) is 30.3 Å². The van der Waals surface area contributed by atoms with Gasteiger partial charge in [0.1, 0.15) is 5.54 Å². The minimum Gasteiger partial charge on any atom is -0.465 e. The maximum absolute atomic E-state index is 12.1. The number of nitrogens with one attached hydrogen (secondary N) is 1. The van der Waals surface area contributed by atoms with E-state index in [0.29, 0.717) is 13.0 Å². The molecule has 3 nitrogen and oxygen atoms in total. The Morgan fingerprint density at radius 2 is 1.94 bits per heavy atom. The monoisotopic (exact) mass is 249 g/mol. The average Bonchev–Trinajstić information content (AvgIpc) is 2.29. The third-order valence-electron chi connectivity index (χ3n) is 2.73. The lowest BCUT2D eigenvalue weighted by molar-refractivity contribution is -0.150. The Morgan fingerprint density at radius 3 is 2.44 bits per heavy atom. The summed E-state index contributed by atoms with van der Waals surface area (Å²) in [4.78, 5) is 12.1. The van der Waals surface area contributed by atoms with Crippen LogP contribution in [0.3, 0.4) is 0 Å². The van der Waals surface area contributed by atoms with Crippen LogP contribution in [0.4, 0.5) is 0 Å². The fourth-order valence-electron chi connectivity index (χ4n) is 2.11. The first kappa shape index (κ1) is 14.7. The van der Waals surface area contributed by atoms with Crippen molar-refractivity contribution in [1.82, 2.24) is 5.32 Å². The van der Waals surface area contributed by atoms with Crippen LogP contribution in [0.25, 0.3) is 0 Å². The first-order valence-corrected chi connectivity index (χ1v) is 6.47. The van der Waals surface area contributed by atoms with Gasteiger partial charge in [0.15, 0.2) is 0 Å². The highest BCUT2D eigenvalue weighted by atomic mass is 16.5. The van der Waals surface area contributed by atoms with Crippen molar-refractivity contribution in [2.24, 2.45) is 0 Å². The quantitative estimate of drug-likeness (QED) is 0.787. The van der Waals surface area contributed by atoms with E-state index in [0.717, 1.165) is 5.56 Å². The predicted molar refractivity (Wildman–Crippen MR) is 73.5 cm³/mol. The summed E-state index contributed by atoms with van der Waals surface area (Å²) in [7, 11) is 0. The maximum Gasteiger partial charge on any atom is 0.326 e. The fraction of sp³-hybridized carbons (Fsp3) is 0.533. The predicted octanol–water partition coefficient (Wildman–Crippen LogP) is 2.55. The maximum atomic E-state index is 12.1. The summed E-state index contributed by atoms with van der Waals surface area (Å²) in [6.07, 6.45) is 0.630. The number of hydrogen-bond donors (Lipinski definition) is 1. The highest BCUT2D eigenvalue weighted by Gasteiger charge is 2.35. The zero-order chi connectivity index (χ0) is 13.6. The average molecular weight is 249 g/mol. The van der Waals surface area contributed by atoms with Gasteiger partial charge < -0.3 is 4.74 Å². The van der Waals surface area contributed by atoms with Crippen LogP contribution >= 0.6 is 0 Å². The summed E-state index contributed by atoms with van der Waals surface area (Å²) < 4.78 is 5.18. The van der Waals surface area contributed by atoms with E-state index in [1.165, 1.54) is 0 Å². The third-order valence-corrected chi connectivity index (χ3v) is 2.73. The first-order chi connectivity index (χ1) is 8.48. The molecule has 0 aliphatic heterocycles. The second kappa shape index (κ2) is 6.55. The summed E-state index contributed by atoms with van der Waals surface area (Å²) in [5, 5.41) is 3.31. The summed E-state index contributed by atoms with van der Waals surface area (Å²) in [5.74, 6) is -0.192. The highest BCUT2D eigenvalue weighted by Crippen LogP contribution is 2.16. The van der Waals surface area contributed by atoms with E-state index >= 15 is 0 Å². The SMILES string of the molecule is CCOC(=O)C(C)(Cc1ccccc1)NC(C)C. The van der Waals surface area contributed by atoms with Gasteiger partial charge in [-0.3, -0.25) is 10.1 Å². The van der Waals surface area contributed by atoms with Gasteiger partial charge in [0.25, 0.3) is 0 Å². The van der Waals surface area contributed by atoms with Crippen molar-refractivity contribution in [3.05, 3.63) is 35.9 Å². The van der Waals surface area contributed by atoms with E-state index in [9.17, 15) is 4.79 Å². The van der Waals surface area contributed by atoms with Gasteiger partial charge in [0, 0.05) is 12.5 Å². The van der Waals surface area contributed by atoms with Gasteiger partial charge in [0.2, 0.25) is 0 Å². The van der Waals surface area contributed by atoms with Crippen LogP contribution in [0.2, 0.25) is 0 Å². The molecule has 0 fully saturated rings. The molecule has 0 saturated heterocycles. The molecule has 1 unspecified atom stereocenters. The smallest absolute Gasteiger partial charge is 0.326 e. The van der Waals surface area contributed by atoms with E-state index in [4.69, 9.17) is 4.74 Å². The highest BCUT2D eigenvalue weighted by molar-refractivity contribution is 5.80. The standard InChI is InChI=1S/C15H23NO2/c1-5-18-14(17)15(4,16-12(2)3)11-13-9-7-6-8-10-13/h6-10,12,16H,5,11H2,1-4H3. The van der Waals surface area contributed by atoms with Gasteiger partial charge in [-0.05, 0) is 33.3 Å². The van der Waals surface area contributed by atoms with Crippen molar-refractivity contribution in [2.75, 3.05) is 6.61 Å². The van der Waals surface area contributed by atoms with E-state index in [-0.39, 0.29) is 12.0 Å². The van der Waals surface area contributed by atoms with Crippen molar-refractivity contribution in [1.29, 1.82) is 0 Å². The first-order valence-electron chi connectivity index (χ1n) is 6.47. The van der Waals surface area contributed by atoms with Crippen LogP contribution in [0.5, 0.6) is 0 Å². The summed E-state index contributed by atoms with van der Waals surface area (Å²) in [6, 6.07) is 10.2. The molecule has 1 N–H and O–H groups in total. The van der Waals surface area contributed by atoms with Crippen molar-refractivity contribution < 1.29 is 9.53 Å². The zero-order valence-electron chi connectivity index (χ0n) is 11.7. The normalized spacial score (nSPS) is 14.3. The lowest BCUT2D eigenvalue weighted by atomic mass is 9.92. The van der Waals surface area contributed by atoms with Crippen LogP contribution in [0.15, 0.2) is 30.3 Å². The van der Waals surface area contributed by atoms with Crippen molar-refractivity contribution >= 4 is 5.97 Å². The Balaban J connectivity index is 2.87. The third kappa shape index (κ3) is 4.15. The summed E-state index contributed by atoms with van der Waals surface area (Å²) in [6.45, 7) is 8.20. The van der Waals surface area contributed by atoms with Gasteiger partial charge >= 0.3 is 5.97 Å². The van der Waals surface area contributed by atoms with Gasteiger partial charge in [-0.25, -0.2) is 0 Å². The molecular formula is C15H23NO2. The number of benzene rings is 1. The van der Waals surface area contributed by atoms with Crippen LogP contribution in [0, 0.1) is 0 Å². The number of carbonyl (C=O) groups is 1. The number of ether oxygens (including phenoxy) is 1. The number of esters is 1. The molecule has 1 aromatic carbocycles. The van der Waals surface area contributed by atoms with Gasteiger partial charge in [0.05, 0.1) is 6.61 Å². The molecule has 0 aromatic heterocycles. The van der Waals surface area contributed by atoms with Gasteiger partial charge in [-0.2, -0.15) is 0 Å². The Morgan fingerprint density at radius 1 is 1.33 bits per heavy atom. The van der Waals surface area contributed by atoms with Crippen LogP contribution in [-0.4, -0.2) is 24.2 Å². The molecule has 0 aliphatic rings. The van der Waals surface area contributed by atoms with E-state index in [1.54, 1.807) is 0 Å². The van der Waals surface area contributed by atoms with Crippen LogP contribution < -0.4 is 5.32 Å². The molecular weight excluding hydrogens is 226 g/mol. The molecule has 1 atom stereocenters. The Kier molecular flexibility index (Phi) is 5.35. The molecule has 1 aromatic rings. The van der Waals surface area contributed by atoms with E-state index in [1.807, 2.05) is 58.0 Å². The minimum absolute atomic E-state index is 0.192. The Hall–Kier alpha value is -1.35. The molecule has 0 amide bonds. The van der Waals surface area contributed by atoms with Crippen LogP contribution in [0.1, 0.15) is 33.3 Å². The molecule has 0 saturated carbocycles. The molecule has 0 heterocycles. The molecule has 0 radical (unpaired) electrons. The Labute approximate surface area is 110 Å². The lowest BCUT2D eigenvalue weighted by Gasteiger charge is -2.30. The van der Waals surface area contributed by atoms with E-state index in [2.05, 4.69) is 5.32 Å².